The van der Waals surface area contributed by atoms with E-state index in [4.69, 9.17) is 33.6 Å². The van der Waals surface area contributed by atoms with Crippen molar-refractivity contribution in [1.29, 1.82) is 5.26 Å². The third-order valence-electron chi connectivity index (χ3n) is 2.09. The van der Waals surface area contributed by atoms with Gasteiger partial charge in [0.05, 0.1) is 16.1 Å². The SMILES string of the molecule is N#CC(NCCCO)c1ccc(Cl)c(Cl)c1. The number of hydrogen-bond donors (Lipinski definition) is 2. The van der Waals surface area contributed by atoms with E-state index in [9.17, 15) is 0 Å². The number of halogens is 2. The molecule has 0 aliphatic carbocycles. The zero-order valence-electron chi connectivity index (χ0n) is 8.58. The van der Waals surface area contributed by atoms with E-state index in [1.807, 2.05) is 0 Å². The molecule has 0 saturated carbocycles. The van der Waals surface area contributed by atoms with Gasteiger partial charge in [0.15, 0.2) is 0 Å². The summed E-state index contributed by atoms with van der Waals surface area (Å²) >= 11 is 11.7. The second-order valence-corrected chi connectivity index (χ2v) is 4.08. The monoisotopic (exact) mass is 258 g/mol. The third-order valence-corrected chi connectivity index (χ3v) is 2.83. The molecule has 3 nitrogen and oxygen atoms in total. The second kappa shape index (κ2) is 6.72. The van der Waals surface area contributed by atoms with Crippen molar-refractivity contribution in [3.8, 4) is 6.07 Å². The molecule has 0 radical (unpaired) electrons. The van der Waals surface area contributed by atoms with E-state index >= 15 is 0 Å². The first-order valence-corrected chi connectivity index (χ1v) is 5.63. The number of nitrogens with zero attached hydrogens (tertiary/aromatic N) is 1. The van der Waals surface area contributed by atoms with Crippen molar-refractivity contribution in [3.05, 3.63) is 33.8 Å². The molecule has 0 aliphatic heterocycles. The number of nitrogens with one attached hydrogen (secondary N) is 1. The second-order valence-electron chi connectivity index (χ2n) is 3.27. The molecule has 0 bridgehead atoms. The lowest BCUT2D eigenvalue weighted by Gasteiger charge is -2.11. The minimum Gasteiger partial charge on any atom is -0.396 e. The molecule has 2 N–H and O–H groups in total. The molecule has 1 aromatic carbocycles. The summed E-state index contributed by atoms with van der Waals surface area (Å²) in [5.74, 6) is 0. The average Bonchev–Trinajstić information content (AvgIpc) is 2.29. The molecule has 0 fully saturated rings. The Balaban J connectivity index is 2.72. The Morgan fingerprint density at radius 2 is 2.12 bits per heavy atom. The zero-order valence-corrected chi connectivity index (χ0v) is 10.1. The molecule has 0 saturated heterocycles. The van der Waals surface area contributed by atoms with Gasteiger partial charge in [0.2, 0.25) is 0 Å². The molecule has 0 aliphatic rings. The number of aliphatic hydroxyl groups is 1. The highest BCUT2D eigenvalue weighted by molar-refractivity contribution is 6.42. The van der Waals surface area contributed by atoms with Gasteiger partial charge in [0.1, 0.15) is 6.04 Å². The lowest BCUT2D eigenvalue weighted by atomic mass is 10.1. The van der Waals surface area contributed by atoms with Gasteiger partial charge in [-0.2, -0.15) is 5.26 Å². The molecule has 1 aromatic rings. The van der Waals surface area contributed by atoms with Crippen molar-refractivity contribution in [3.63, 3.8) is 0 Å². The number of aliphatic hydroxyl groups excluding tert-OH is 1. The van der Waals surface area contributed by atoms with E-state index in [1.165, 1.54) is 0 Å². The first-order chi connectivity index (χ1) is 7.69. The van der Waals surface area contributed by atoms with Crippen molar-refractivity contribution < 1.29 is 5.11 Å². The van der Waals surface area contributed by atoms with Crippen LogP contribution in [-0.2, 0) is 0 Å². The van der Waals surface area contributed by atoms with Crippen LogP contribution in [0.3, 0.4) is 0 Å². The fourth-order valence-corrected chi connectivity index (χ4v) is 1.56. The Bertz CT molecular complexity index is 390. The van der Waals surface area contributed by atoms with Crippen molar-refractivity contribution in [2.45, 2.75) is 12.5 Å². The van der Waals surface area contributed by atoms with Crippen LogP contribution in [-0.4, -0.2) is 18.3 Å². The minimum atomic E-state index is -0.429. The Hall–Kier alpha value is -0.790. The van der Waals surface area contributed by atoms with Crippen LogP contribution in [0.1, 0.15) is 18.0 Å². The fourth-order valence-electron chi connectivity index (χ4n) is 1.26. The van der Waals surface area contributed by atoms with Crippen molar-refractivity contribution >= 4 is 23.2 Å². The normalized spacial score (nSPS) is 12.1. The summed E-state index contributed by atoms with van der Waals surface area (Å²) in [5.41, 5.74) is 0.773. The van der Waals surface area contributed by atoms with E-state index < -0.39 is 6.04 Å². The van der Waals surface area contributed by atoms with E-state index in [0.717, 1.165) is 5.56 Å². The van der Waals surface area contributed by atoms with Gasteiger partial charge in [-0.25, -0.2) is 0 Å². The van der Waals surface area contributed by atoms with Crippen LogP contribution in [0.25, 0.3) is 0 Å². The van der Waals surface area contributed by atoms with Crippen LogP contribution in [0.2, 0.25) is 10.0 Å². The van der Waals surface area contributed by atoms with Crippen LogP contribution < -0.4 is 5.32 Å². The minimum absolute atomic E-state index is 0.104. The van der Waals surface area contributed by atoms with E-state index in [0.29, 0.717) is 23.0 Å². The summed E-state index contributed by atoms with van der Waals surface area (Å²) in [6.45, 7) is 0.682. The van der Waals surface area contributed by atoms with Gasteiger partial charge < -0.3 is 5.11 Å². The summed E-state index contributed by atoms with van der Waals surface area (Å²) in [4.78, 5) is 0. The van der Waals surface area contributed by atoms with Crippen LogP contribution in [0.4, 0.5) is 0 Å². The molecule has 5 heteroatoms. The summed E-state index contributed by atoms with van der Waals surface area (Å²) in [6, 6.07) is 6.79. The van der Waals surface area contributed by atoms with Crippen molar-refractivity contribution in [2.24, 2.45) is 0 Å². The maximum absolute atomic E-state index is 8.99. The van der Waals surface area contributed by atoms with Gasteiger partial charge in [0, 0.05) is 6.61 Å². The van der Waals surface area contributed by atoms with E-state index in [-0.39, 0.29) is 6.61 Å². The predicted molar refractivity (Wildman–Crippen MR) is 64.5 cm³/mol. The predicted octanol–water partition coefficient (Wildman–Crippen LogP) is 2.53. The molecule has 1 rings (SSSR count). The molecular weight excluding hydrogens is 247 g/mol. The summed E-state index contributed by atoms with van der Waals surface area (Å²) in [5, 5.41) is 21.5. The quantitative estimate of drug-likeness (QED) is 0.799. The number of rotatable bonds is 5. The van der Waals surface area contributed by atoms with Gasteiger partial charge in [-0.3, -0.25) is 5.32 Å². The van der Waals surface area contributed by atoms with Crippen molar-refractivity contribution in [1.82, 2.24) is 5.32 Å². The maximum Gasteiger partial charge on any atom is 0.121 e. The van der Waals surface area contributed by atoms with Gasteiger partial charge in [0.25, 0.3) is 0 Å². The molecule has 0 amide bonds. The number of hydrogen-bond acceptors (Lipinski definition) is 3. The lowest BCUT2D eigenvalue weighted by molar-refractivity contribution is 0.285. The first-order valence-electron chi connectivity index (χ1n) is 4.88. The third kappa shape index (κ3) is 3.66. The van der Waals surface area contributed by atoms with Gasteiger partial charge in [-0.05, 0) is 30.7 Å². The van der Waals surface area contributed by atoms with E-state index in [2.05, 4.69) is 11.4 Å². The van der Waals surface area contributed by atoms with Crippen LogP contribution in [0, 0.1) is 11.3 Å². The summed E-state index contributed by atoms with van der Waals surface area (Å²) in [7, 11) is 0. The van der Waals surface area contributed by atoms with Crippen LogP contribution in [0.5, 0.6) is 0 Å². The maximum atomic E-state index is 8.99. The number of benzene rings is 1. The van der Waals surface area contributed by atoms with Crippen LogP contribution in [0.15, 0.2) is 18.2 Å². The molecule has 1 unspecified atom stereocenters. The van der Waals surface area contributed by atoms with E-state index in [1.54, 1.807) is 18.2 Å². The topological polar surface area (TPSA) is 56.0 Å². The Morgan fingerprint density at radius 1 is 1.38 bits per heavy atom. The fraction of sp³-hybridized carbons (Fsp3) is 0.364. The Morgan fingerprint density at radius 3 is 2.69 bits per heavy atom. The highest BCUT2D eigenvalue weighted by Crippen LogP contribution is 2.25. The smallest absolute Gasteiger partial charge is 0.121 e. The molecule has 16 heavy (non-hydrogen) atoms. The van der Waals surface area contributed by atoms with Crippen molar-refractivity contribution in [2.75, 3.05) is 13.2 Å². The summed E-state index contributed by atoms with van der Waals surface area (Å²) in [6.07, 6.45) is 0.611. The van der Waals surface area contributed by atoms with Gasteiger partial charge >= 0.3 is 0 Å². The molecule has 86 valence electrons. The Kier molecular flexibility index (Phi) is 5.58. The zero-order chi connectivity index (χ0) is 12.0. The highest BCUT2D eigenvalue weighted by Gasteiger charge is 2.10. The molecule has 0 heterocycles. The average molecular weight is 259 g/mol. The molecular formula is C11H12Cl2N2O. The highest BCUT2D eigenvalue weighted by atomic mass is 35.5. The van der Waals surface area contributed by atoms with Crippen LogP contribution >= 0.6 is 23.2 Å². The Labute approximate surface area is 105 Å². The largest absolute Gasteiger partial charge is 0.396 e. The lowest BCUT2D eigenvalue weighted by Crippen LogP contribution is -2.21. The summed E-state index contributed by atoms with van der Waals surface area (Å²) < 4.78 is 0. The van der Waals surface area contributed by atoms with Gasteiger partial charge in [-0.1, -0.05) is 29.3 Å². The molecule has 0 aromatic heterocycles. The standard InChI is InChI=1S/C11H12Cl2N2O/c12-9-3-2-8(6-10(9)13)11(7-14)15-4-1-5-16/h2-3,6,11,15-16H,1,4-5H2. The molecule has 0 spiro atoms. The van der Waals surface area contributed by atoms with Gasteiger partial charge in [-0.15, -0.1) is 0 Å². The molecule has 1 atom stereocenters. The number of nitriles is 1. The first kappa shape index (κ1) is 13.3.